The maximum Gasteiger partial charge on any atom is 0.337 e. The van der Waals surface area contributed by atoms with Crippen LogP contribution in [0.2, 0.25) is 0 Å². The van der Waals surface area contributed by atoms with Crippen LogP contribution in [0.25, 0.3) is 0 Å². The van der Waals surface area contributed by atoms with Crippen LogP contribution in [0, 0.1) is 6.92 Å². The summed E-state index contributed by atoms with van der Waals surface area (Å²) in [6.07, 6.45) is -1.94. The predicted molar refractivity (Wildman–Crippen MR) is 48.8 cm³/mol. The Morgan fingerprint density at radius 2 is 2.27 bits per heavy atom. The fraction of sp³-hybridized carbons (Fsp3) is 0.333. The SMILES string of the molecule is Cc1ncc(C(=O)O)c(C(F)F)c1CN. The molecule has 0 atom stereocenters. The van der Waals surface area contributed by atoms with E-state index in [0.29, 0.717) is 5.69 Å². The molecule has 4 nitrogen and oxygen atoms in total. The molecule has 0 spiro atoms. The van der Waals surface area contributed by atoms with E-state index >= 15 is 0 Å². The highest BCUT2D eigenvalue weighted by atomic mass is 19.3. The summed E-state index contributed by atoms with van der Waals surface area (Å²) in [5.74, 6) is -1.42. The Labute approximate surface area is 84.7 Å². The Morgan fingerprint density at radius 3 is 2.67 bits per heavy atom. The number of pyridine rings is 1. The lowest BCUT2D eigenvalue weighted by molar-refractivity contribution is 0.0683. The normalized spacial score (nSPS) is 10.7. The zero-order chi connectivity index (χ0) is 11.6. The van der Waals surface area contributed by atoms with E-state index in [1.54, 1.807) is 0 Å². The minimum Gasteiger partial charge on any atom is -0.478 e. The number of nitrogens with two attached hydrogens (primary N) is 1. The van der Waals surface area contributed by atoms with Gasteiger partial charge in [-0.25, -0.2) is 13.6 Å². The highest BCUT2D eigenvalue weighted by Crippen LogP contribution is 2.27. The molecule has 1 aromatic rings. The molecule has 1 aromatic heterocycles. The van der Waals surface area contributed by atoms with Gasteiger partial charge in [0, 0.05) is 24.0 Å². The maximum absolute atomic E-state index is 12.7. The molecular formula is C9H10F2N2O2. The zero-order valence-electron chi connectivity index (χ0n) is 8.00. The lowest BCUT2D eigenvalue weighted by atomic mass is 10.0. The van der Waals surface area contributed by atoms with Crippen molar-refractivity contribution in [2.24, 2.45) is 5.73 Å². The molecule has 0 aromatic carbocycles. The first-order valence-corrected chi connectivity index (χ1v) is 4.19. The average molecular weight is 216 g/mol. The monoisotopic (exact) mass is 216 g/mol. The van der Waals surface area contributed by atoms with Crippen molar-refractivity contribution in [1.82, 2.24) is 4.98 Å². The van der Waals surface area contributed by atoms with Gasteiger partial charge in [0.15, 0.2) is 0 Å². The minimum atomic E-state index is -2.86. The number of hydrogen-bond acceptors (Lipinski definition) is 3. The lowest BCUT2D eigenvalue weighted by Crippen LogP contribution is -2.12. The molecule has 0 saturated carbocycles. The van der Waals surface area contributed by atoms with E-state index in [1.165, 1.54) is 6.92 Å². The van der Waals surface area contributed by atoms with Gasteiger partial charge in [-0.1, -0.05) is 0 Å². The van der Waals surface area contributed by atoms with Gasteiger partial charge in [0.2, 0.25) is 0 Å². The largest absolute Gasteiger partial charge is 0.478 e. The number of rotatable bonds is 3. The fourth-order valence-corrected chi connectivity index (χ4v) is 1.34. The number of carbonyl (C=O) groups is 1. The number of nitrogens with zero attached hydrogens (tertiary/aromatic N) is 1. The van der Waals surface area contributed by atoms with Crippen LogP contribution in [-0.2, 0) is 6.54 Å². The molecule has 6 heteroatoms. The summed E-state index contributed by atoms with van der Waals surface area (Å²) in [4.78, 5) is 14.4. The smallest absolute Gasteiger partial charge is 0.337 e. The third-order valence-corrected chi connectivity index (χ3v) is 2.09. The molecule has 0 unspecified atom stereocenters. The summed E-state index contributed by atoms with van der Waals surface area (Å²) in [6.45, 7) is 1.36. The maximum atomic E-state index is 12.7. The number of hydrogen-bond donors (Lipinski definition) is 2. The van der Waals surface area contributed by atoms with E-state index in [2.05, 4.69) is 4.98 Å². The lowest BCUT2D eigenvalue weighted by Gasteiger charge is -2.12. The topological polar surface area (TPSA) is 76.2 Å². The Balaban J connectivity index is 3.49. The van der Waals surface area contributed by atoms with Gasteiger partial charge >= 0.3 is 5.97 Å². The molecule has 1 heterocycles. The minimum absolute atomic E-state index is 0.102. The quantitative estimate of drug-likeness (QED) is 0.802. The Bertz CT molecular complexity index is 394. The Hall–Kier alpha value is -1.56. The van der Waals surface area contributed by atoms with Crippen molar-refractivity contribution in [2.45, 2.75) is 19.9 Å². The van der Waals surface area contributed by atoms with Crippen LogP contribution in [0.5, 0.6) is 0 Å². The second-order valence-corrected chi connectivity index (χ2v) is 2.96. The van der Waals surface area contributed by atoms with Crippen molar-refractivity contribution in [3.05, 3.63) is 28.6 Å². The molecule has 0 aliphatic carbocycles. The van der Waals surface area contributed by atoms with Crippen molar-refractivity contribution in [2.75, 3.05) is 0 Å². The van der Waals surface area contributed by atoms with Crippen molar-refractivity contribution in [3.8, 4) is 0 Å². The zero-order valence-corrected chi connectivity index (χ0v) is 8.00. The van der Waals surface area contributed by atoms with Crippen LogP contribution < -0.4 is 5.73 Å². The van der Waals surface area contributed by atoms with Gasteiger partial charge in [-0.2, -0.15) is 0 Å². The molecule has 0 aliphatic heterocycles. The summed E-state index contributed by atoms with van der Waals surface area (Å²) in [7, 11) is 0. The number of halogens is 2. The third-order valence-electron chi connectivity index (χ3n) is 2.09. The van der Waals surface area contributed by atoms with Gasteiger partial charge in [-0.05, 0) is 12.5 Å². The predicted octanol–water partition coefficient (Wildman–Crippen LogP) is 1.48. The van der Waals surface area contributed by atoms with Gasteiger partial charge in [-0.15, -0.1) is 0 Å². The molecule has 1 rings (SSSR count). The highest BCUT2D eigenvalue weighted by Gasteiger charge is 2.23. The third kappa shape index (κ3) is 2.10. The van der Waals surface area contributed by atoms with Crippen molar-refractivity contribution in [3.63, 3.8) is 0 Å². The summed E-state index contributed by atoms with van der Waals surface area (Å²) in [5, 5.41) is 8.71. The molecule has 0 amide bonds. The van der Waals surface area contributed by atoms with Crippen LogP contribution >= 0.6 is 0 Å². The van der Waals surface area contributed by atoms with Crippen molar-refractivity contribution < 1.29 is 18.7 Å². The van der Waals surface area contributed by atoms with Crippen LogP contribution in [0.15, 0.2) is 6.20 Å². The van der Waals surface area contributed by atoms with E-state index in [0.717, 1.165) is 6.20 Å². The summed E-state index contributed by atoms with van der Waals surface area (Å²) >= 11 is 0. The van der Waals surface area contributed by atoms with Gasteiger partial charge < -0.3 is 10.8 Å². The van der Waals surface area contributed by atoms with E-state index in [4.69, 9.17) is 10.8 Å². The second-order valence-electron chi connectivity index (χ2n) is 2.96. The van der Waals surface area contributed by atoms with Gasteiger partial charge in [0.1, 0.15) is 0 Å². The van der Waals surface area contributed by atoms with E-state index < -0.39 is 23.5 Å². The first-order chi connectivity index (χ1) is 6.99. The number of aromatic nitrogens is 1. The molecule has 15 heavy (non-hydrogen) atoms. The molecule has 0 radical (unpaired) electrons. The van der Waals surface area contributed by atoms with E-state index in [9.17, 15) is 13.6 Å². The number of aromatic carboxylic acids is 1. The summed E-state index contributed by atoms with van der Waals surface area (Å²) < 4.78 is 25.3. The van der Waals surface area contributed by atoms with Crippen LogP contribution in [0.3, 0.4) is 0 Å². The molecule has 82 valence electrons. The van der Waals surface area contributed by atoms with Gasteiger partial charge in [0.25, 0.3) is 6.43 Å². The molecule has 0 fully saturated rings. The summed E-state index contributed by atoms with van der Waals surface area (Å²) in [5.41, 5.74) is 4.71. The molecule has 0 saturated heterocycles. The molecular weight excluding hydrogens is 206 g/mol. The van der Waals surface area contributed by atoms with Crippen molar-refractivity contribution in [1.29, 1.82) is 0 Å². The van der Waals surface area contributed by atoms with Crippen LogP contribution in [0.1, 0.15) is 33.6 Å². The van der Waals surface area contributed by atoms with E-state index in [1.807, 2.05) is 0 Å². The number of alkyl halides is 2. The number of carboxylic acids is 1. The van der Waals surface area contributed by atoms with Crippen molar-refractivity contribution >= 4 is 5.97 Å². The first-order valence-electron chi connectivity index (χ1n) is 4.19. The Morgan fingerprint density at radius 1 is 1.67 bits per heavy atom. The average Bonchev–Trinajstić information content (AvgIpc) is 2.16. The molecule has 3 N–H and O–H groups in total. The molecule has 0 bridgehead atoms. The standard InChI is InChI=1S/C9H10F2N2O2/c1-4-5(2-12)7(8(10)11)6(3-13-4)9(14)15/h3,8H,2,12H2,1H3,(H,14,15). The first kappa shape index (κ1) is 11.5. The Kier molecular flexibility index (Phi) is 3.31. The van der Waals surface area contributed by atoms with E-state index in [-0.39, 0.29) is 12.1 Å². The van der Waals surface area contributed by atoms with Gasteiger partial charge in [0.05, 0.1) is 5.56 Å². The number of carboxylic acid groups (broad SMARTS) is 1. The fourth-order valence-electron chi connectivity index (χ4n) is 1.34. The molecule has 0 aliphatic rings. The van der Waals surface area contributed by atoms with Gasteiger partial charge in [-0.3, -0.25) is 4.98 Å². The second kappa shape index (κ2) is 4.31. The van der Waals surface area contributed by atoms with Crippen LogP contribution in [-0.4, -0.2) is 16.1 Å². The highest BCUT2D eigenvalue weighted by molar-refractivity contribution is 5.89. The van der Waals surface area contributed by atoms with Crippen LogP contribution in [0.4, 0.5) is 8.78 Å². The summed E-state index contributed by atoms with van der Waals surface area (Å²) in [6, 6.07) is 0. The number of aryl methyl sites for hydroxylation is 1.